The van der Waals surface area contributed by atoms with Gasteiger partial charge in [-0.3, -0.25) is 0 Å². The summed E-state index contributed by atoms with van der Waals surface area (Å²) in [5.41, 5.74) is 16.4. The Morgan fingerprint density at radius 3 is 2.00 bits per heavy atom. The molecule has 2 heteroatoms. The molecule has 0 aliphatic heterocycles. The Morgan fingerprint density at radius 1 is 1.15 bits per heavy atom. The summed E-state index contributed by atoms with van der Waals surface area (Å²) in [6, 6.07) is 4.27. The topological polar surface area (TPSA) is 52.0 Å². The van der Waals surface area contributed by atoms with Gasteiger partial charge >= 0.3 is 0 Å². The zero-order valence-corrected chi connectivity index (χ0v) is 8.59. The van der Waals surface area contributed by atoms with Crippen molar-refractivity contribution in [2.24, 2.45) is 11.5 Å². The van der Waals surface area contributed by atoms with E-state index in [1.54, 1.807) is 0 Å². The molecule has 0 radical (unpaired) electrons. The Bertz CT molecular complexity index is 282. The van der Waals surface area contributed by atoms with Crippen LogP contribution in [0.2, 0.25) is 0 Å². The summed E-state index contributed by atoms with van der Waals surface area (Å²) in [6.45, 7) is 6.78. The summed E-state index contributed by atoms with van der Waals surface area (Å²) in [6.07, 6.45) is 0. The van der Waals surface area contributed by atoms with E-state index < -0.39 is 0 Å². The molecule has 4 N–H and O–H groups in total. The van der Waals surface area contributed by atoms with Gasteiger partial charge in [-0.15, -0.1) is 0 Å². The molecule has 1 atom stereocenters. The highest BCUT2D eigenvalue weighted by atomic mass is 14.7. The quantitative estimate of drug-likeness (QED) is 0.722. The molecular formula is C11H18N2. The van der Waals surface area contributed by atoms with Crippen LogP contribution in [0.5, 0.6) is 0 Å². The first-order valence-electron chi connectivity index (χ1n) is 4.59. The highest BCUT2D eigenvalue weighted by molar-refractivity contribution is 5.39. The fourth-order valence-corrected chi connectivity index (χ4v) is 1.89. The van der Waals surface area contributed by atoms with Crippen LogP contribution in [0.4, 0.5) is 0 Å². The van der Waals surface area contributed by atoms with Gasteiger partial charge < -0.3 is 11.5 Å². The first kappa shape index (κ1) is 10.2. The number of benzene rings is 1. The Morgan fingerprint density at radius 2 is 1.62 bits per heavy atom. The summed E-state index contributed by atoms with van der Waals surface area (Å²) in [4.78, 5) is 0. The molecule has 0 amide bonds. The predicted molar refractivity (Wildman–Crippen MR) is 56.6 cm³/mol. The van der Waals surface area contributed by atoms with Crippen LogP contribution in [-0.2, 0) is 0 Å². The van der Waals surface area contributed by atoms with Gasteiger partial charge in [0.05, 0.1) is 0 Å². The lowest BCUT2D eigenvalue weighted by Crippen LogP contribution is -2.22. The van der Waals surface area contributed by atoms with E-state index >= 15 is 0 Å². The van der Waals surface area contributed by atoms with Gasteiger partial charge in [0.15, 0.2) is 0 Å². The van der Waals surface area contributed by atoms with Crippen LogP contribution in [-0.4, -0.2) is 6.54 Å². The molecule has 0 spiro atoms. The van der Waals surface area contributed by atoms with Crippen molar-refractivity contribution < 1.29 is 0 Å². The molecule has 0 unspecified atom stereocenters. The number of rotatable bonds is 2. The van der Waals surface area contributed by atoms with E-state index in [1.165, 1.54) is 22.3 Å². The second-order valence-corrected chi connectivity index (χ2v) is 3.65. The van der Waals surface area contributed by atoms with E-state index in [-0.39, 0.29) is 6.04 Å². The highest BCUT2D eigenvalue weighted by Crippen LogP contribution is 2.21. The smallest absolute Gasteiger partial charge is 0.0424 e. The summed E-state index contributed by atoms with van der Waals surface area (Å²) in [7, 11) is 0. The average Bonchev–Trinajstić information content (AvgIpc) is 2.02. The molecule has 13 heavy (non-hydrogen) atoms. The zero-order valence-electron chi connectivity index (χ0n) is 8.59. The molecule has 2 nitrogen and oxygen atoms in total. The van der Waals surface area contributed by atoms with E-state index in [0.29, 0.717) is 6.54 Å². The summed E-state index contributed by atoms with van der Waals surface area (Å²) in [5, 5.41) is 0. The van der Waals surface area contributed by atoms with Crippen molar-refractivity contribution in [3.05, 3.63) is 34.4 Å². The third-order valence-corrected chi connectivity index (χ3v) is 2.36. The van der Waals surface area contributed by atoms with E-state index in [9.17, 15) is 0 Å². The average molecular weight is 178 g/mol. The molecular weight excluding hydrogens is 160 g/mol. The first-order valence-corrected chi connectivity index (χ1v) is 4.59. The van der Waals surface area contributed by atoms with E-state index in [4.69, 9.17) is 11.5 Å². The van der Waals surface area contributed by atoms with Crippen molar-refractivity contribution in [2.45, 2.75) is 26.8 Å². The minimum atomic E-state index is -0.0272. The van der Waals surface area contributed by atoms with Crippen molar-refractivity contribution in [1.82, 2.24) is 0 Å². The van der Waals surface area contributed by atoms with Crippen molar-refractivity contribution in [3.63, 3.8) is 0 Å². The molecule has 0 saturated carbocycles. The number of aryl methyl sites for hydroxylation is 3. The van der Waals surface area contributed by atoms with Gasteiger partial charge in [-0.25, -0.2) is 0 Å². The maximum absolute atomic E-state index is 5.92. The van der Waals surface area contributed by atoms with Gasteiger partial charge in [0.25, 0.3) is 0 Å². The number of nitrogens with two attached hydrogens (primary N) is 2. The van der Waals surface area contributed by atoms with Crippen LogP contribution in [0, 0.1) is 20.8 Å². The molecule has 72 valence electrons. The standard InChI is InChI=1S/C11H18N2/c1-7-4-8(2)11(9(3)5-7)10(13)6-12/h4-5,10H,6,12-13H2,1-3H3/t10-/m1/s1. The minimum Gasteiger partial charge on any atom is -0.329 e. The summed E-state index contributed by atoms with van der Waals surface area (Å²) >= 11 is 0. The van der Waals surface area contributed by atoms with Gasteiger partial charge in [0, 0.05) is 12.6 Å². The Balaban J connectivity index is 3.20. The van der Waals surface area contributed by atoms with Gasteiger partial charge in [0.1, 0.15) is 0 Å². The largest absolute Gasteiger partial charge is 0.329 e. The highest BCUT2D eigenvalue weighted by Gasteiger charge is 2.10. The normalized spacial score (nSPS) is 13.0. The third kappa shape index (κ3) is 2.08. The molecule has 0 heterocycles. The lowest BCUT2D eigenvalue weighted by Gasteiger charge is -2.16. The maximum Gasteiger partial charge on any atom is 0.0424 e. The van der Waals surface area contributed by atoms with Crippen LogP contribution in [0.3, 0.4) is 0 Å². The number of hydrogen-bond acceptors (Lipinski definition) is 2. The Hall–Kier alpha value is -0.860. The lowest BCUT2D eigenvalue weighted by atomic mass is 9.94. The second kappa shape index (κ2) is 3.90. The summed E-state index contributed by atoms with van der Waals surface area (Å²) < 4.78 is 0. The Labute approximate surface area is 79.9 Å². The molecule has 0 aromatic heterocycles. The molecule has 1 aromatic rings. The molecule has 1 rings (SSSR count). The van der Waals surface area contributed by atoms with Gasteiger partial charge in [0.2, 0.25) is 0 Å². The first-order chi connectivity index (χ1) is 6.06. The van der Waals surface area contributed by atoms with Crippen molar-refractivity contribution >= 4 is 0 Å². The molecule has 0 aliphatic carbocycles. The molecule has 1 aromatic carbocycles. The van der Waals surface area contributed by atoms with Crippen LogP contribution in [0.1, 0.15) is 28.3 Å². The van der Waals surface area contributed by atoms with Crippen molar-refractivity contribution in [1.29, 1.82) is 0 Å². The van der Waals surface area contributed by atoms with Crippen LogP contribution >= 0.6 is 0 Å². The van der Waals surface area contributed by atoms with E-state index in [0.717, 1.165) is 0 Å². The predicted octanol–water partition coefficient (Wildman–Crippen LogP) is 1.57. The second-order valence-electron chi connectivity index (χ2n) is 3.65. The van der Waals surface area contributed by atoms with Crippen molar-refractivity contribution in [3.8, 4) is 0 Å². The Kier molecular flexibility index (Phi) is 3.07. The maximum atomic E-state index is 5.92. The zero-order chi connectivity index (χ0) is 10.0. The van der Waals surface area contributed by atoms with E-state index in [1.807, 2.05) is 0 Å². The lowest BCUT2D eigenvalue weighted by molar-refractivity contribution is 0.725. The SMILES string of the molecule is Cc1cc(C)c([C@H](N)CN)c(C)c1. The van der Waals surface area contributed by atoms with Crippen LogP contribution in [0.15, 0.2) is 12.1 Å². The molecule has 0 bridgehead atoms. The van der Waals surface area contributed by atoms with Gasteiger partial charge in [-0.05, 0) is 37.5 Å². The molecule has 0 fully saturated rings. The molecule has 0 saturated heterocycles. The third-order valence-electron chi connectivity index (χ3n) is 2.36. The van der Waals surface area contributed by atoms with Gasteiger partial charge in [-0.2, -0.15) is 0 Å². The number of hydrogen-bond donors (Lipinski definition) is 2. The fraction of sp³-hybridized carbons (Fsp3) is 0.455. The van der Waals surface area contributed by atoms with E-state index in [2.05, 4.69) is 32.9 Å². The fourth-order valence-electron chi connectivity index (χ4n) is 1.89. The monoisotopic (exact) mass is 178 g/mol. The minimum absolute atomic E-state index is 0.0272. The summed E-state index contributed by atoms with van der Waals surface area (Å²) in [5.74, 6) is 0. The molecule has 0 aliphatic rings. The van der Waals surface area contributed by atoms with Gasteiger partial charge in [-0.1, -0.05) is 17.7 Å². The van der Waals surface area contributed by atoms with Crippen LogP contribution in [0.25, 0.3) is 0 Å². The van der Waals surface area contributed by atoms with Crippen molar-refractivity contribution in [2.75, 3.05) is 6.54 Å². The van der Waals surface area contributed by atoms with Crippen LogP contribution < -0.4 is 11.5 Å².